The third-order valence-corrected chi connectivity index (χ3v) is 6.55. The van der Waals surface area contributed by atoms with Crippen LogP contribution in [-0.4, -0.2) is 38.7 Å². The Morgan fingerprint density at radius 1 is 0.917 bits per heavy atom. The van der Waals surface area contributed by atoms with E-state index in [9.17, 15) is 4.79 Å². The molecule has 0 saturated heterocycles. The molecule has 7 nitrogen and oxygen atoms in total. The highest BCUT2D eigenvalue weighted by molar-refractivity contribution is 6.15. The van der Waals surface area contributed by atoms with Gasteiger partial charge in [0.15, 0.2) is 17.3 Å². The summed E-state index contributed by atoms with van der Waals surface area (Å²) in [4.78, 5) is 15.6. The van der Waals surface area contributed by atoms with Crippen molar-refractivity contribution in [2.24, 2.45) is 0 Å². The van der Waals surface area contributed by atoms with Gasteiger partial charge in [-0.2, -0.15) is 0 Å². The summed E-state index contributed by atoms with van der Waals surface area (Å²) in [5.41, 5.74) is 5.45. The van der Waals surface area contributed by atoms with E-state index < -0.39 is 0 Å². The highest BCUT2D eigenvalue weighted by atomic mass is 16.5. The van der Waals surface area contributed by atoms with Crippen molar-refractivity contribution in [1.82, 2.24) is 4.90 Å². The van der Waals surface area contributed by atoms with Crippen LogP contribution in [-0.2, 0) is 13.1 Å². The highest BCUT2D eigenvalue weighted by Gasteiger charge is 2.34. The molecule has 0 aliphatic carbocycles. The first-order valence-corrected chi connectivity index (χ1v) is 11.7. The van der Waals surface area contributed by atoms with Gasteiger partial charge in [-0.15, -0.1) is 0 Å². The molecule has 3 aromatic rings. The lowest BCUT2D eigenvalue weighted by Gasteiger charge is -2.30. The van der Waals surface area contributed by atoms with Gasteiger partial charge in [0, 0.05) is 35.8 Å². The Bertz CT molecular complexity index is 1360. The number of allylic oxidation sites excluding steroid dienone is 1. The number of aryl methyl sites for hydroxylation is 1. The first-order chi connectivity index (χ1) is 17.4. The SMILES string of the molecule is COc1cc(OC)c(OC)cc1/C=C1\Oc2c(cc3c(c2C)OCN(Cc2ccc(C)cc2)C3)C1=O. The molecule has 3 aromatic carbocycles. The second-order valence-corrected chi connectivity index (χ2v) is 9.00. The molecule has 186 valence electrons. The summed E-state index contributed by atoms with van der Waals surface area (Å²) in [5.74, 6) is 2.97. The molecule has 7 heteroatoms. The van der Waals surface area contributed by atoms with E-state index in [0.29, 0.717) is 47.4 Å². The van der Waals surface area contributed by atoms with Crippen LogP contribution in [0.2, 0.25) is 0 Å². The van der Waals surface area contributed by atoms with Crippen LogP contribution in [0.3, 0.4) is 0 Å². The number of methoxy groups -OCH3 is 3. The van der Waals surface area contributed by atoms with E-state index in [1.165, 1.54) is 11.1 Å². The van der Waals surface area contributed by atoms with Gasteiger partial charge >= 0.3 is 0 Å². The third kappa shape index (κ3) is 4.27. The van der Waals surface area contributed by atoms with Gasteiger partial charge in [0.25, 0.3) is 0 Å². The van der Waals surface area contributed by atoms with Gasteiger partial charge in [-0.1, -0.05) is 29.8 Å². The largest absolute Gasteiger partial charge is 0.496 e. The molecule has 0 spiro atoms. The zero-order chi connectivity index (χ0) is 25.4. The van der Waals surface area contributed by atoms with Gasteiger partial charge in [-0.3, -0.25) is 9.69 Å². The zero-order valence-corrected chi connectivity index (χ0v) is 21.1. The first-order valence-electron chi connectivity index (χ1n) is 11.7. The smallest absolute Gasteiger partial charge is 0.231 e. The summed E-state index contributed by atoms with van der Waals surface area (Å²) < 4.78 is 28.5. The number of carbonyl (C=O) groups is 1. The minimum atomic E-state index is -0.177. The van der Waals surface area contributed by atoms with Crippen molar-refractivity contribution in [3.05, 3.63) is 81.6 Å². The average Bonchev–Trinajstić information content (AvgIpc) is 3.20. The van der Waals surface area contributed by atoms with Crippen LogP contribution in [0, 0.1) is 13.8 Å². The second kappa shape index (κ2) is 9.59. The molecule has 0 amide bonds. The van der Waals surface area contributed by atoms with Crippen molar-refractivity contribution in [3.63, 3.8) is 0 Å². The fourth-order valence-electron chi connectivity index (χ4n) is 4.66. The van der Waals surface area contributed by atoms with Crippen LogP contribution < -0.4 is 23.7 Å². The molecule has 0 N–H and O–H groups in total. The Hall–Kier alpha value is -3.97. The van der Waals surface area contributed by atoms with Gasteiger partial charge in [-0.25, -0.2) is 0 Å². The van der Waals surface area contributed by atoms with Crippen LogP contribution in [0.1, 0.15) is 38.2 Å². The molecule has 2 aliphatic rings. The Morgan fingerprint density at radius 3 is 2.31 bits per heavy atom. The summed E-state index contributed by atoms with van der Waals surface area (Å²) in [6.45, 7) is 5.94. The maximum atomic E-state index is 13.4. The number of hydrogen-bond acceptors (Lipinski definition) is 7. The molecule has 0 aromatic heterocycles. The first kappa shape index (κ1) is 23.8. The van der Waals surface area contributed by atoms with E-state index in [2.05, 4.69) is 36.1 Å². The van der Waals surface area contributed by atoms with Crippen molar-refractivity contribution in [3.8, 4) is 28.7 Å². The molecule has 0 saturated carbocycles. The number of carbonyl (C=O) groups excluding carboxylic acids is 1. The minimum Gasteiger partial charge on any atom is -0.496 e. The summed E-state index contributed by atoms with van der Waals surface area (Å²) >= 11 is 0. The van der Waals surface area contributed by atoms with Crippen LogP contribution in [0.15, 0.2) is 48.2 Å². The van der Waals surface area contributed by atoms with Crippen LogP contribution in [0.5, 0.6) is 28.7 Å². The molecule has 0 fully saturated rings. The summed E-state index contributed by atoms with van der Waals surface area (Å²) in [5, 5.41) is 0. The van der Waals surface area contributed by atoms with Crippen molar-refractivity contribution in [2.75, 3.05) is 28.1 Å². The predicted molar refractivity (Wildman–Crippen MR) is 136 cm³/mol. The fourth-order valence-corrected chi connectivity index (χ4v) is 4.66. The number of benzene rings is 3. The average molecular weight is 488 g/mol. The quantitative estimate of drug-likeness (QED) is 0.437. The van der Waals surface area contributed by atoms with Gasteiger partial charge in [0.1, 0.15) is 24.0 Å². The molecule has 36 heavy (non-hydrogen) atoms. The Balaban J connectivity index is 1.44. The second-order valence-electron chi connectivity index (χ2n) is 9.00. The standard InChI is InChI=1S/C29H29NO6/c1-17-6-8-19(9-7-17)14-30-15-21-10-22-27(31)26(36-29(22)18(2)28(21)35-16-30)12-20-11-24(33-4)25(34-5)13-23(20)32-3/h6-13H,14-16H2,1-5H3/b26-12-. The lowest BCUT2D eigenvalue weighted by Crippen LogP contribution is -2.32. The van der Waals surface area contributed by atoms with Crippen molar-refractivity contribution in [1.29, 1.82) is 0 Å². The number of ketones is 1. The topological polar surface area (TPSA) is 66.5 Å². The molecule has 0 atom stereocenters. The third-order valence-electron chi connectivity index (χ3n) is 6.55. The van der Waals surface area contributed by atoms with Gasteiger partial charge in [0.05, 0.1) is 26.9 Å². The van der Waals surface area contributed by atoms with E-state index in [1.807, 2.05) is 13.0 Å². The number of rotatable bonds is 6. The Morgan fingerprint density at radius 2 is 1.61 bits per heavy atom. The highest BCUT2D eigenvalue weighted by Crippen LogP contribution is 2.44. The molecule has 2 aliphatic heterocycles. The molecule has 2 heterocycles. The zero-order valence-electron chi connectivity index (χ0n) is 21.1. The van der Waals surface area contributed by atoms with E-state index in [4.69, 9.17) is 23.7 Å². The Kier molecular flexibility index (Phi) is 6.33. The van der Waals surface area contributed by atoms with E-state index in [0.717, 1.165) is 23.4 Å². The molecule has 5 rings (SSSR count). The number of fused-ring (bicyclic) bond motifs is 2. The number of hydrogen-bond donors (Lipinski definition) is 0. The summed E-state index contributed by atoms with van der Waals surface area (Å²) in [7, 11) is 4.68. The normalized spacial score (nSPS) is 15.7. The van der Waals surface area contributed by atoms with Gasteiger partial charge in [-0.05, 0) is 37.6 Å². The van der Waals surface area contributed by atoms with Gasteiger partial charge in [0.2, 0.25) is 5.78 Å². The summed E-state index contributed by atoms with van der Waals surface area (Å²) in [6, 6.07) is 13.9. The minimum absolute atomic E-state index is 0.177. The molecule has 0 radical (unpaired) electrons. The van der Waals surface area contributed by atoms with Gasteiger partial charge < -0.3 is 23.7 Å². The maximum Gasteiger partial charge on any atom is 0.231 e. The summed E-state index contributed by atoms with van der Waals surface area (Å²) in [6.07, 6.45) is 1.67. The lowest BCUT2D eigenvalue weighted by atomic mass is 9.99. The van der Waals surface area contributed by atoms with E-state index >= 15 is 0 Å². The molecular formula is C29H29NO6. The number of Topliss-reactive ketones (excluding diaryl/α,β-unsaturated/α-hetero) is 1. The van der Waals surface area contributed by atoms with Crippen molar-refractivity contribution < 1.29 is 28.5 Å². The number of ether oxygens (including phenoxy) is 5. The Labute approximate surface area is 210 Å². The van der Waals surface area contributed by atoms with Crippen LogP contribution in [0.25, 0.3) is 6.08 Å². The fraction of sp³-hybridized carbons (Fsp3) is 0.276. The van der Waals surface area contributed by atoms with E-state index in [-0.39, 0.29) is 11.5 Å². The van der Waals surface area contributed by atoms with Crippen molar-refractivity contribution in [2.45, 2.75) is 26.9 Å². The van der Waals surface area contributed by atoms with Crippen LogP contribution >= 0.6 is 0 Å². The molecule has 0 unspecified atom stereocenters. The predicted octanol–water partition coefficient (Wildman–Crippen LogP) is 5.30. The van der Waals surface area contributed by atoms with E-state index in [1.54, 1.807) is 39.5 Å². The monoisotopic (exact) mass is 487 g/mol. The van der Waals surface area contributed by atoms with Crippen LogP contribution in [0.4, 0.5) is 0 Å². The lowest BCUT2D eigenvalue weighted by molar-refractivity contribution is 0.0876. The molecular weight excluding hydrogens is 458 g/mol. The number of nitrogens with zero attached hydrogens (tertiary/aromatic N) is 1. The molecule has 0 bridgehead atoms. The van der Waals surface area contributed by atoms with Crippen molar-refractivity contribution >= 4 is 11.9 Å². The maximum absolute atomic E-state index is 13.4.